The number of nitrogens with one attached hydrogen (secondary N) is 1. The Hall–Kier alpha value is -0.770. The number of hydrogen-bond donors (Lipinski definition) is 1. The topological polar surface area (TPSA) is 22.9 Å². The van der Waals surface area contributed by atoms with Crippen LogP contribution in [0.5, 0.6) is 5.75 Å². The van der Waals surface area contributed by atoms with Crippen molar-refractivity contribution in [3.8, 4) is 5.75 Å². The van der Waals surface area contributed by atoms with E-state index in [0.29, 0.717) is 13.2 Å². The fourth-order valence-electron chi connectivity index (χ4n) is 3.57. The van der Waals surface area contributed by atoms with Crippen LogP contribution < -0.4 is 9.64 Å². The second-order valence-electron chi connectivity index (χ2n) is 7.11. The van der Waals surface area contributed by atoms with Crippen LogP contribution in [0.3, 0.4) is 0 Å². The Balaban J connectivity index is 1.62. The summed E-state index contributed by atoms with van der Waals surface area (Å²) in [5.74, 6) is 2.58. The molecule has 1 aliphatic rings. The molecule has 1 aromatic carbocycles. The van der Waals surface area contributed by atoms with Crippen LogP contribution in [0.2, 0.25) is 5.02 Å². The molecule has 2 rings (SSSR count). The van der Waals surface area contributed by atoms with E-state index < -0.39 is 0 Å². The zero-order chi connectivity index (χ0) is 16.8. The van der Waals surface area contributed by atoms with Gasteiger partial charge in [0.2, 0.25) is 0 Å². The Bertz CT molecular complexity index is 496. The number of benzene rings is 1. The van der Waals surface area contributed by atoms with Gasteiger partial charge in [0, 0.05) is 16.9 Å². The Morgan fingerprint density at radius 3 is 2.43 bits per heavy atom. The molecular formula is C19H31ClNO2+. The first-order valence-electron chi connectivity index (χ1n) is 8.77. The van der Waals surface area contributed by atoms with E-state index in [4.69, 9.17) is 21.1 Å². The van der Waals surface area contributed by atoms with Gasteiger partial charge in [0.1, 0.15) is 18.9 Å². The molecule has 2 atom stereocenters. The summed E-state index contributed by atoms with van der Waals surface area (Å²) in [5, 5.41) is 0.791. The molecule has 1 N–H and O–H groups in total. The van der Waals surface area contributed by atoms with Gasteiger partial charge < -0.3 is 14.4 Å². The van der Waals surface area contributed by atoms with Crippen LogP contribution in [-0.2, 0) is 4.74 Å². The molecule has 0 spiro atoms. The minimum atomic E-state index is 0.587. The van der Waals surface area contributed by atoms with Gasteiger partial charge in [-0.15, -0.1) is 0 Å². The maximum atomic E-state index is 6.10. The highest BCUT2D eigenvalue weighted by Crippen LogP contribution is 2.27. The van der Waals surface area contributed by atoms with E-state index in [1.165, 1.54) is 19.5 Å². The van der Waals surface area contributed by atoms with E-state index in [9.17, 15) is 0 Å². The zero-order valence-electron chi connectivity index (χ0n) is 15.0. The molecule has 1 aromatic rings. The summed E-state index contributed by atoms with van der Waals surface area (Å²) in [7, 11) is 0. The molecule has 0 bridgehead atoms. The molecule has 130 valence electrons. The van der Waals surface area contributed by atoms with Crippen molar-refractivity contribution in [3.05, 3.63) is 28.3 Å². The van der Waals surface area contributed by atoms with E-state index >= 15 is 0 Å². The summed E-state index contributed by atoms with van der Waals surface area (Å²) in [6.45, 7) is 14.5. The van der Waals surface area contributed by atoms with Crippen molar-refractivity contribution in [2.75, 3.05) is 39.5 Å². The molecule has 4 heteroatoms. The number of likely N-dealkylation sites (tertiary alicyclic amines) is 1. The van der Waals surface area contributed by atoms with E-state index in [1.54, 1.807) is 4.90 Å². The van der Waals surface area contributed by atoms with Crippen molar-refractivity contribution < 1.29 is 14.4 Å². The Labute approximate surface area is 145 Å². The third-order valence-electron chi connectivity index (χ3n) is 4.84. The van der Waals surface area contributed by atoms with Gasteiger partial charge in [-0.2, -0.15) is 0 Å². The van der Waals surface area contributed by atoms with E-state index in [-0.39, 0.29) is 0 Å². The predicted molar refractivity (Wildman–Crippen MR) is 95.7 cm³/mol. The smallest absolute Gasteiger partial charge is 0.122 e. The fourth-order valence-corrected chi connectivity index (χ4v) is 3.78. The molecule has 1 aliphatic heterocycles. The molecule has 0 aromatic heterocycles. The van der Waals surface area contributed by atoms with E-state index in [1.807, 2.05) is 26.0 Å². The maximum Gasteiger partial charge on any atom is 0.122 e. The quantitative estimate of drug-likeness (QED) is 0.771. The fraction of sp³-hybridized carbons (Fsp3) is 0.684. The number of ether oxygens (including phenoxy) is 2. The number of hydrogen-bond acceptors (Lipinski definition) is 2. The van der Waals surface area contributed by atoms with Crippen LogP contribution in [0, 0.1) is 25.7 Å². The lowest BCUT2D eigenvalue weighted by Crippen LogP contribution is -3.14. The van der Waals surface area contributed by atoms with Crippen molar-refractivity contribution in [2.24, 2.45) is 11.8 Å². The van der Waals surface area contributed by atoms with Gasteiger partial charge in [0.05, 0.1) is 26.3 Å². The van der Waals surface area contributed by atoms with Crippen molar-refractivity contribution in [1.82, 2.24) is 0 Å². The zero-order valence-corrected chi connectivity index (χ0v) is 15.7. The van der Waals surface area contributed by atoms with Crippen LogP contribution in [0.1, 0.15) is 31.4 Å². The molecule has 3 nitrogen and oxygen atoms in total. The predicted octanol–water partition coefficient (Wildman–Crippen LogP) is 2.91. The molecule has 1 fully saturated rings. The number of quaternary nitrogens is 1. The summed E-state index contributed by atoms with van der Waals surface area (Å²) in [6.07, 6.45) is 1.37. The first-order chi connectivity index (χ1) is 11.0. The highest BCUT2D eigenvalue weighted by atomic mass is 35.5. The third-order valence-corrected chi connectivity index (χ3v) is 5.25. The van der Waals surface area contributed by atoms with Crippen LogP contribution in [0.25, 0.3) is 0 Å². The van der Waals surface area contributed by atoms with Crippen molar-refractivity contribution in [2.45, 2.75) is 34.1 Å². The summed E-state index contributed by atoms with van der Waals surface area (Å²) >= 11 is 6.10. The highest BCUT2D eigenvalue weighted by molar-refractivity contribution is 6.31. The normalized spacial score (nSPS) is 24.7. The van der Waals surface area contributed by atoms with Gasteiger partial charge >= 0.3 is 0 Å². The molecule has 0 aliphatic carbocycles. The van der Waals surface area contributed by atoms with E-state index in [2.05, 4.69) is 13.8 Å². The molecule has 23 heavy (non-hydrogen) atoms. The average molecular weight is 341 g/mol. The molecular weight excluding hydrogens is 310 g/mol. The molecule has 0 amide bonds. The van der Waals surface area contributed by atoms with Gasteiger partial charge in [-0.3, -0.25) is 0 Å². The average Bonchev–Trinajstić information content (AvgIpc) is 2.49. The maximum absolute atomic E-state index is 6.10. The lowest BCUT2D eigenvalue weighted by atomic mass is 9.92. The van der Waals surface area contributed by atoms with Gasteiger partial charge in [-0.25, -0.2) is 0 Å². The minimum absolute atomic E-state index is 0.587. The first-order valence-corrected chi connectivity index (χ1v) is 9.15. The van der Waals surface area contributed by atoms with Gasteiger partial charge in [0.25, 0.3) is 0 Å². The SMILES string of the molecule is Cc1c(Cl)ccc(OCCOCC[NH+]2C[C@@H](C)C[C@H](C)C2)c1C. The summed E-state index contributed by atoms with van der Waals surface area (Å²) in [6, 6.07) is 3.83. The highest BCUT2D eigenvalue weighted by Gasteiger charge is 2.24. The Morgan fingerprint density at radius 2 is 1.74 bits per heavy atom. The Kier molecular flexibility index (Phi) is 7.19. The van der Waals surface area contributed by atoms with Crippen LogP contribution in [0.15, 0.2) is 12.1 Å². The standard InChI is InChI=1S/C19H30ClNO2/c1-14-11-15(2)13-21(12-14)7-8-22-9-10-23-19-6-5-18(20)16(3)17(19)4/h5-6,14-15H,7-13H2,1-4H3/p+1/t14-,15-/m0/s1. The second-order valence-corrected chi connectivity index (χ2v) is 7.52. The number of rotatable bonds is 7. The first kappa shape index (κ1) is 18.6. The Morgan fingerprint density at radius 1 is 1.04 bits per heavy atom. The number of halogens is 1. The van der Waals surface area contributed by atoms with Gasteiger partial charge in [0.15, 0.2) is 0 Å². The molecule has 0 radical (unpaired) electrons. The number of piperidine rings is 1. The lowest BCUT2D eigenvalue weighted by molar-refractivity contribution is -0.912. The van der Waals surface area contributed by atoms with Crippen molar-refractivity contribution in [3.63, 3.8) is 0 Å². The summed E-state index contributed by atoms with van der Waals surface area (Å²) in [4.78, 5) is 1.68. The largest absolute Gasteiger partial charge is 0.491 e. The third kappa shape index (κ3) is 5.66. The molecule has 0 saturated carbocycles. The second kappa shape index (κ2) is 8.91. The summed E-state index contributed by atoms with van der Waals surface area (Å²) in [5.41, 5.74) is 2.19. The molecule has 0 unspecified atom stereocenters. The monoisotopic (exact) mass is 340 g/mol. The van der Waals surface area contributed by atoms with Gasteiger partial charge in [-0.05, 0) is 43.5 Å². The molecule has 1 heterocycles. The molecule has 1 saturated heterocycles. The van der Waals surface area contributed by atoms with Crippen molar-refractivity contribution >= 4 is 11.6 Å². The van der Waals surface area contributed by atoms with E-state index in [0.717, 1.165) is 46.9 Å². The lowest BCUT2D eigenvalue weighted by Gasteiger charge is -2.31. The van der Waals surface area contributed by atoms with Crippen molar-refractivity contribution in [1.29, 1.82) is 0 Å². The van der Waals surface area contributed by atoms with Crippen LogP contribution in [0.4, 0.5) is 0 Å². The van der Waals surface area contributed by atoms with Gasteiger partial charge in [-0.1, -0.05) is 25.4 Å². The minimum Gasteiger partial charge on any atom is -0.491 e. The summed E-state index contributed by atoms with van der Waals surface area (Å²) < 4.78 is 11.6. The van der Waals surface area contributed by atoms with Crippen LogP contribution in [-0.4, -0.2) is 39.5 Å². The van der Waals surface area contributed by atoms with Crippen LogP contribution >= 0.6 is 11.6 Å².